The highest BCUT2D eigenvalue weighted by molar-refractivity contribution is 7.92. The molecule has 2 N–H and O–H groups in total. The Kier molecular flexibility index (Phi) is 5.74. The molecule has 0 spiro atoms. The minimum absolute atomic E-state index is 0.194. The summed E-state index contributed by atoms with van der Waals surface area (Å²) in [6.45, 7) is 0.712. The van der Waals surface area contributed by atoms with Gasteiger partial charge in [0.15, 0.2) is 0 Å². The quantitative estimate of drug-likeness (QED) is 0.622. The third-order valence-corrected chi connectivity index (χ3v) is 7.45. The van der Waals surface area contributed by atoms with Crippen LogP contribution in [0.15, 0.2) is 42.1 Å². The van der Waals surface area contributed by atoms with Crippen LogP contribution in [0.5, 0.6) is 0 Å². The van der Waals surface area contributed by atoms with Gasteiger partial charge >= 0.3 is 0 Å². The van der Waals surface area contributed by atoms with Gasteiger partial charge in [-0.15, -0.1) is 11.3 Å². The summed E-state index contributed by atoms with van der Waals surface area (Å²) in [5, 5.41) is 1.87. The first-order chi connectivity index (χ1) is 14.3. The van der Waals surface area contributed by atoms with Crippen LogP contribution in [-0.4, -0.2) is 53.1 Å². The molecule has 0 aliphatic carbocycles. The third kappa shape index (κ3) is 4.46. The molecule has 1 fully saturated rings. The molecule has 30 heavy (non-hydrogen) atoms. The Balaban J connectivity index is 1.43. The van der Waals surface area contributed by atoms with Gasteiger partial charge in [-0.25, -0.2) is 18.4 Å². The lowest BCUT2D eigenvalue weighted by Gasteiger charge is -2.33. The zero-order chi connectivity index (χ0) is 21.3. The summed E-state index contributed by atoms with van der Waals surface area (Å²) < 4.78 is 26.9. The van der Waals surface area contributed by atoms with Gasteiger partial charge < -0.3 is 10.6 Å². The zero-order valence-electron chi connectivity index (χ0n) is 15.7. The van der Waals surface area contributed by atoms with Gasteiger partial charge in [0.1, 0.15) is 12.1 Å². The van der Waals surface area contributed by atoms with E-state index < -0.39 is 10.0 Å². The van der Waals surface area contributed by atoms with Crippen LogP contribution in [0.25, 0.3) is 17.0 Å². The Hall–Kier alpha value is -2.53. The van der Waals surface area contributed by atoms with Crippen molar-refractivity contribution >= 4 is 61.7 Å². The first-order valence-electron chi connectivity index (χ1n) is 9.02. The van der Waals surface area contributed by atoms with E-state index in [0.717, 1.165) is 21.2 Å². The van der Waals surface area contributed by atoms with Crippen LogP contribution in [0.3, 0.4) is 0 Å². The Morgan fingerprint density at radius 2 is 2.03 bits per heavy atom. The number of hydrogen-bond acceptors (Lipinski definition) is 7. The number of halogens is 1. The van der Waals surface area contributed by atoms with Gasteiger partial charge in [0.25, 0.3) is 0 Å². The van der Waals surface area contributed by atoms with Gasteiger partial charge in [-0.1, -0.05) is 17.7 Å². The predicted molar refractivity (Wildman–Crippen MR) is 118 cm³/mol. The molecular formula is C19H18ClN5O3S2. The highest BCUT2D eigenvalue weighted by Gasteiger charge is 2.30. The molecule has 3 heterocycles. The molecule has 0 radical (unpaired) electrons. The first kappa shape index (κ1) is 20.7. The van der Waals surface area contributed by atoms with Crippen molar-refractivity contribution in [1.29, 1.82) is 0 Å². The van der Waals surface area contributed by atoms with Gasteiger partial charge in [0, 0.05) is 35.3 Å². The summed E-state index contributed by atoms with van der Waals surface area (Å²) in [7, 11) is -3.70. The number of sulfonamides is 1. The summed E-state index contributed by atoms with van der Waals surface area (Å²) in [5.74, 6) is 0.152. The maximum Gasteiger partial charge on any atom is 0.238 e. The van der Waals surface area contributed by atoms with Crippen LogP contribution >= 0.6 is 22.9 Å². The van der Waals surface area contributed by atoms with E-state index in [1.165, 1.54) is 28.0 Å². The first-order valence-corrected chi connectivity index (χ1v) is 11.7. The van der Waals surface area contributed by atoms with E-state index in [1.54, 1.807) is 17.0 Å². The van der Waals surface area contributed by atoms with Gasteiger partial charge in [-0.2, -0.15) is 4.31 Å². The molecule has 0 bridgehead atoms. The average molecular weight is 464 g/mol. The fraction of sp³-hybridized carbons (Fsp3) is 0.211. The van der Waals surface area contributed by atoms with Crippen molar-refractivity contribution in [2.75, 3.05) is 25.4 Å². The number of aromatic nitrogens is 2. The number of carbonyl (C=O) groups excluding carboxylic acids is 1. The maximum atomic E-state index is 12.6. The second-order valence-electron chi connectivity index (χ2n) is 6.75. The summed E-state index contributed by atoms with van der Waals surface area (Å²) in [6.07, 6.45) is 2.89. The van der Waals surface area contributed by atoms with Gasteiger partial charge in [0.2, 0.25) is 15.9 Å². The smallest absolute Gasteiger partial charge is 0.238 e. The molecule has 11 heteroatoms. The Morgan fingerprint density at radius 1 is 1.20 bits per heavy atom. The Morgan fingerprint density at radius 3 is 2.77 bits per heavy atom. The molecule has 1 saturated heterocycles. The number of fused-ring (bicyclic) bond motifs is 1. The SMILES string of the molecule is Nc1ncnc2cc(CN3CCN(S(=O)(=O)/C=C/c4ccc(Cl)s4)CC3=O)ccc12. The van der Waals surface area contributed by atoms with Gasteiger partial charge in [-0.05, 0) is 35.9 Å². The summed E-state index contributed by atoms with van der Waals surface area (Å²) in [4.78, 5) is 23.1. The molecule has 1 amide bonds. The molecule has 1 aliphatic heterocycles. The van der Waals surface area contributed by atoms with Crippen molar-refractivity contribution in [3.63, 3.8) is 0 Å². The minimum atomic E-state index is -3.70. The lowest BCUT2D eigenvalue weighted by molar-refractivity contribution is -0.134. The number of piperazine rings is 1. The number of amides is 1. The van der Waals surface area contributed by atoms with Crippen LogP contribution in [-0.2, 0) is 21.4 Å². The molecule has 4 rings (SSSR count). The third-order valence-electron chi connectivity index (χ3n) is 4.75. The summed E-state index contributed by atoms with van der Waals surface area (Å²) in [5.41, 5.74) is 7.43. The number of nitrogens with zero attached hydrogens (tertiary/aromatic N) is 4. The standard InChI is InChI=1S/C19H18ClN5O3S2/c20-17-4-2-14(29-17)5-8-30(27,28)25-7-6-24(18(26)11-25)10-13-1-3-15-16(9-13)22-12-23-19(15)21/h1-5,8-9,12H,6-7,10-11H2,(H2,21,22,23)/b8-5+. The second kappa shape index (κ2) is 8.31. The molecule has 2 aromatic heterocycles. The van der Waals surface area contributed by atoms with Crippen molar-refractivity contribution in [1.82, 2.24) is 19.2 Å². The molecule has 8 nitrogen and oxygen atoms in total. The lowest BCUT2D eigenvalue weighted by atomic mass is 10.1. The lowest BCUT2D eigenvalue weighted by Crippen LogP contribution is -2.51. The minimum Gasteiger partial charge on any atom is -0.383 e. The largest absolute Gasteiger partial charge is 0.383 e. The Bertz CT molecular complexity index is 1240. The van der Waals surface area contributed by atoms with Crippen LogP contribution < -0.4 is 5.73 Å². The molecule has 156 valence electrons. The topological polar surface area (TPSA) is 109 Å². The highest BCUT2D eigenvalue weighted by atomic mass is 35.5. The molecule has 3 aromatic rings. The van der Waals surface area contributed by atoms with Crippen LogP contribution in [0.1, 0.15) is 10.4 Å². The van der Waals surface area contributed by atoms with Crippen LogP contribution in [0, 0.1) is 0 Å². The van der Waals surface area contributed by atoms with E-state index in [2.05, 4.69) is 9.97 Å². The number of nitrogen functional groups attached to an aromatic ring is 1. The number of anilines is 1. The average Bonchev–Trinajstić information content (AvgIpc) is 3.13. The predicted octanol–water partition coefficient (Wildman–Crippen LogP) is 2.57. The van der Waals surface area contributed by atoms with Crippen molar-refractivity contribution < 1.29 is 13.2 Å². The van der Waals surface area contributed by atoms with E-state index in [9.17, 15) is 13.2 Å². The highest BCUT2D eigenvalue weighted by Crippen LogP contribution is 2.24. The second-order valence-corrected chi connectivity index (χ2v) is 10.3. The van der Waals surface area contributed by atoms with E-state index in [-0.39, 0.29) is 19.0 Å². The molecule has 0 atom stereocenters. The summed E-state index contributed by atoms with van der Waals surface area (Å²) in [6, 6.07) is 9.00. The molecule has 0 saturated carbocycles. The number of nitrogens with two attached hydrogens (primary N) is 1. The molecular weight excluding hydrogens is 446 g/mol. The van der Waals surface area contributed by atoms with Gasteiger partial charge in [-0.3, -0.25) is 4.79 Å². The van der Waals surface area contributed by atoms with E-state index >= 15 is 0 Å². The number of benzene rings is 1. The van der Waals surface area contributed by atoms with Crippen molar-refractivity contribution in [3.8, 4) is 0 Å². The van der Waals surface area contributed by atoms with Crippen LogP contribution in [0.2, 0.25) is 4.34 Å². The maximum absolute atomic E-state index is 12.6. The van der Waals surface area contributed by atoms with Crippen LogP contribution in [0.4, 0.5) is 5.82 Å². The molecule has 0 unspecified atom stereocenters. The van der Waals surface area contributed by atoms with Crippen molar-refractivity contribution in [3.05, 3.63) is 56.8 Å². The number of rotatable bonds is 5. The fourth-order valence-corrected chi connectivity index (χ4v) is 5.34. The van der Waals surface area contributed by atoms with E-state index in [1.807, 2.05) is 18.2 Å². The van der Waals surface area contributed by atoms with Crippen molar-refractivity contribution in [2.24, 2.45) is 0 Å². The van der Waals surface area contributed by atoms with Gasteiger partial charge in [0.05, 0.1) is 16.4 Å². The van der Waals surface area contributed by atoms with E-state index in [0.29, 0.717) is 28.8 Å². The zero-order valence-corrected chi connectivity index (χ0v) is 18.1. The van der Waals surface area contributed by atoms with Crippen molar-refractivity contribution in [2.45, 2.75) is 6.54 Å². The molecule has 1 aliphatic rings. The summed E-state index contributed by atoms with van der Waals surface area (Å²) >= 11 is 7.14. The monoisotopic (exact) mass is 463 g/mol. The van der Waals surface area contributed by atoms with E-state index in [4.69, 9.17) is 17.3 Å². The normalized spacial score (nSPS) is 16.0. The number of carbonyl (C=O) groups is 1. The number of hydrogen-bond donors (Lipinski definition) is 1. The number of thiophene rings is 1. The Labute approximate surface area is 182 Å². The fourth-order valence-electron chi connectivity index (χ4n) is 3.17. The molecule has 1 aromatic carbocycles.